The van der Waals surface area contributed by atoms with Gasteiger partial charge in [0.1, 0.15) is 5.60 Å². The summed E-state index contributed by atoms with van der Waals surface area (Å²) in [6.07, 6.45) is 7.64. The second-order valence-corrected chi connectivity index (χ2v) is 7.21. The number of carbonyl (C=O) groups is 1. The molecule has 1 amide bonds. The third-order valence-electron chi connectivity index (χ3n) is 4.09. The topological polar surface area (TPSA) is 65.4 Å². The number of carbonyl (C=O) groups excluding carboxylic acids is 1. The van der Waals surface area contributed by atoms with E-state index in [-0.39, 0.29) is 12.1 Å². The highest BCUT2D eigenvalue weighted by Crippen LogP contribution is 2.33. The Morgan fingerprint density at radius 3 is 2.91 bits per heavy atom. The Balaban J connectivity index is 1.93. The number of hydrogen-bond acceptors (Lipinski definition) is 4. The zero-order valence-electron chi connectivity index (χ0n) is 14.7. The number of ether oxygens (including phenoxy) is 2. The Morgan fingerprint density at radius 1 is 1.43 bits per heavy atom. The Bertz CT molecular complexity index is 507. The number of alkyl carbamates (subject to hydrolysis) is 1. The molecule has 130 valence electrons. The van der Waals surface area contributed by atoms with Crippen LogP contribution in [0.1, 0.15) is 58.1 Å². The normalized spacial score (nSPS) is 21.9. The summed E-state index contributed by atoms with van der Waals surface area (Å²) in [7, 11) is 1.71. The van der Waals surface area contributed by atoms with Gasteiger partial charge in [0.15, 0.2) is 0 Å². The number of imidazole rings is 1. The number of methoxy groups -OCH3 is 1. The van der Waals surface area contributed by atoms with Gasteiger partial charge in [0.25, 0.3) is 0 Å². The van der Waals surface area contributed by atoms with Crippen molar-refractivity contribution >= 4 is 6.09 Å². The summed E-state index contributed by atoms with van der Waals surface area (Å²) in [5, 5.41) is 3.01. The molecule has 2 atom stereocenters. The van der Waals surface area contributed by atoms with E-state index in [0.29, 0.717) is 12.5 Å². The molecule has 1 aliphatic carbocycles. The molecule has 0 unspecified atom stereocenters. The van der Waals surface area contributed by atoms with Crippen LogP contribution in [0.4, 0.5) is 4.79 Å². The number of nitrogens with zero attached hydrogens (tertiary/aromatic N) is 2. The molecule has 6 heteroatoms. The van der Waals surface area contributed by atoms with Crippen LogP contribution in [0, 0.1) is 0 Å². The predicted octanol–water partition coefficient (Wildman–Crippen LogP) is 3.08. The second-order valence-electron chi connectivity index (χ2n) is 7.21. The molecule has 0 bridgehead atoms. The van der Waals surface area contributed by atoms with Crippen LogP contribution >= 0.6 is 0 Å². The van der Waals surface area contributed by atoms with Crippen molar-refractivity contribution in [2.45, 2.75) is 70.6 Å². The number of amides is 1. The molecule has 23 heavy (non-hydrogen) atoms. The molecule has 1 N–H and O–H groups in total. The minimum Gasteiger partial charge on any atom is -0.444 e. The number of nitrogens with one attached hydrogen (secondary N) is 1. The second kappa shape index (κ2) is 7.81. The summed E-state index contributed by atoms with van der Waals surface area (Å²) in [5.74, 6) is 0.419. The first-order valence-corrected chi connectivity index (χ1v) is 8.37. The largest absolute Gasteiger partial charge is 0.444 e. The van der Waals surface area contributed by atoms with Crippen molar-refractivity contribution in [2.24, 2.45) is 0 Å². The van der Waals surface area contributed by atoms with Gasteiger partial charge in [0, 0.05) is 37.5 Å². The van der Waals surface area contributed by atoms with Crippen molar-refractivity contribution in [1.29, 1.82) is 0 Å². The molecule has 1 fully saturated rings. The average Bonchev–Trinajstić information content (AvgIpc) is 2.91. The minimum atomic E-state index is -0.461. The molecule has 2 rings (SSSR count). The summed E-state index contributed by atoms with van der Waals surface area (Å²) in [4.78, 5) is 16.2. The molecule has 1 heterocycles. The lowest BCUT2D eigenvalue weighted by atomic mass is 9.84. The highest BCUT2D eigenvalue weighted by molar-refractivity contribution is 5.68. The Morgan fingerprint density at radius 2 is 2.22 bits per heavy atom. The molecule has 0 aromatic carbocycles. The van der Waals surface area contributed by atoms with Crippen LogP contribution < -0.4 is 5.32 Å². The summed E-state index contributed by atoms with van der Waals surface area (Å²) in [6.45, 7) is 7.13. The number of aromatic nitrogens is 2. The molecule has 1 aliphatic rings. The van der Waals surface area contributed by atoms with Crippen molar-refractivity contribution in [3.8, 4) is 0 Å². The lowest BCUT2D eigenvalue weighted by Gasteiger charge is -2.31. The maximum absolute atomic E-state index is 12.0. The first-order valence-electron chi connectivity index (χ1n) is 8.37. The Labute approximate surface area is 138 Å². The van der Waals surface area contributed by atoms with Gasteiger partial charge in [-0.3, -0.25) is 0 Å². The predicted molar refractivity (Wildman–Crippen MR) is 88.5 cm³/mol. The van der Waals surface area contributed by atoms with Crippen LogP contribution in [-0.4, -0.2) is 41.0 Å². The third-order valence-corrected chi connectivity index (χ3v) is 4.09. The quantitative estimate of drug-likeness (QED) is 0.904. The molecule has 0 spiro atoms. The van der Waals surface area contributed by atoms with Gasteiger partial charge in [-0.05, 0) is 40.0 Å². The first kappa shape index (κ1) is 17.8. The van der Waals surface area contributed by atoms with E-state index >= 15 is 0 Å². The lowest BCUT2D eigenvalue weighted by Crippen LogP contribution is -2.41. The van der Waals surface area contributed by atoms with Gasteiger partial charge in [-0.1, -0.05) is 6.42 Å². The Kier molecular flexibility index (Phi) is 6.04. The van der Waals surface area contributed by atoms with E-state index in [4.69, 9.17) is 9.47 Å². The van der Waals surface area contributed by atoms with Crippen LogP contribution in [0.5, 0.6) is 0 Å². The van der Waals surface area contributed by atoms with E-state index in [0.717, 1.165) is 32.2 Å². The fraction of sp³-hybridized carbons (Fsp3) is 0.765. The molecule has 1 aromatic heterocycles. The van der Waals surface area contributed by atoms with Crippen molar-refractivity contribution in [3.63, 3.8) is 0 Å². The first-order chi connectivity index (χ1) is 10.9. The van der Waals surface area contributed by atoms with Gasteiger partial charge >= 0.3 is 6.09 Å². The summed E-state index contributed by atoms with van der Waals surface area (Å²) in [6, 6.07) is 0.161. The molecular formula is C17H29N3O3. The highest BCUT2D eigenvalue weighted by atomic mass is 16.6. The fourth-order valence-electron chi connectivity index (χ4n) is 3.11. The van der Waals surface area contributed by atoms with E-state index in [1.54, 1.807) is 7.11 Å². The zero-order chi connectivity index (χ0) is 16.9. The van der Waals surface area contributed by atoms with Gasteiger partial charge in [-0.2, -0.15) is 0 Å². The molecule has 0 radical (unpaired) electrons. The van der Waals surface area contributed by atoms with Gasteiger partial charge in [-0.15, -0.1) is 0 Å². The molecular weight excluding hydrogens is 294 g/mol. The van der Waals surface area contributed by atoms with Crippen LogP contribution in [0.25, 0.3) is 0 Å². The van der Waals surface area contributed by atoms with Crippen molar-refractivity contribution in [3.05, 3.63) is 18.2 Å². The minimum absolute atomic E-state index is 0.161. The van der Waals surface area contributed by atoms with Crippen LogP contribution in [0.15, 0.2) is 12.5 Å². The maximum Gasteiger partial charge on any atom is 0.407 e. The lowest BCUT2D eigenvalue weighted by molar-refractivity contribution is 0.0490. The van der Waals surface area contributed by atoms with Gasteiger partial charge in [0.05, 0.1) is 12.9 Å². The Hall–Kier alpha value is -1.56. The van der Waals surface area contributed by atoms with Gasteiger partial charge in [-0.25, -0.2) is 9.78 Å². The molecule has 0 saturated heterocycles. The smallest absolute Gasteiger partial charge is 0.407 e. The summed E-state index contributed by atoms with van der Waals surface area (Å²) in [5.41, 5.74) is 0.773. The summed E-state index contributed by atoms with van der Waals surface area (Å²) >= 11 is 0. The standard InChI is InChI=1S/C17H29N3O3/c1-17(2,3)23-16(21)19-14-7-5-6-13(10-14)15-11-18-12-20(15)8-9-22-4/h11-14H,5-10H2,1-4H3,(H,19,21)/t13-,14+/m1/s1. The number of rotatable bonds is 5. The van der Waals surface area contributed by atoms with Gasteiger partial charge < -0.3 is 19.4 Å². The zero-order valence-corrected chi connectivity index (χ0v) is 14.7. The van der Waals surface area contributed by atoms with Gasteiger partial charge in [0.2, 0.25) is 0 Å². The van der Waals surface area contributed by atoms with E-state index in [1.165, 1.54) is 5.69 Å². The highest BCUT2D eigenvalue weighted by Gasteiger charge is 2.27. The van der Waals surface area contributed by atoms with Crippen LogP contribution in [-0.2, 0) is 16.0 Å². The third kappa shape index (κ3) is 5.53. The van der Waals surface area contributed by atoms with E-state index in [2.05, 4.69) is 14.9 Å². The monoisotopic (exact) mass is 323 g/mol. The fourth-order valence-corrected chi connectivity index (χ4v) is 3.11. The van der Waals surface area contributed by atoms with E-state index in [9.17, 15) is 4.79 Å². The van der Waals surface area contributed by atoms with Crippen LogP contribution in [0.3, 0.4) is 0 Å². The van der Waals surface area contributed by atoms with E-state index < -0.39 is 5.60 Å². The molecule has 6 nitrogen and oxygen atoms in total. The average molecular weight is 323 g/mol. The molecule has 0 aliphatic heterocycles. The number of hydrogen-bond donors (Lipinski definition) is 1. The van der Waals surface area contributed by atoms with Crippen molar-refractivity contribution in [1.82, 2.24) is 14.9 Å². The summed E-state index contributed by atoms with van der Waals surface area (Å²) < 4.78 is 12.7. The molecule has 1 aromatic rings. The molecule has 1 saturated carbocycles. The van der Waals surface area contributed by atoms with E-state index in [1.807, 2.05) is 33.3 Å². The van der Waals surface area contributed by atoms with Crippen molar-refractivity contribution < 1.29 is 14.3 Å². The maximum atomic E-state index is 12.0. The SMILES string of the molecule is COCCn1cncc1[C@@H]1CCC[C@H](NC(=O)OC(C)(C)C)C1. The van der Waals surface area contributed by atoms with Crippen molar-refractivity contribution in [2.75, 3.05) is 13.7 Å². The van der Waals surface area contributed by atoms with Crippen LogP contribution in [0.2, 0.25) is 0 Å².